The van der Waals surface area contributed by atoms with Gasteiger partial charge in [0.2, 0.25) is 11.8 Å². The molecule has 0 bridgehead atoms. The quantitative estimate of drug-likeness (QED) is 0.312. The van der Waals surface area contributed by atoms with Crippen LogP contribution in [-0.4, -0.2) is 84.6 Å². The molecular formula is C18H22N4O7. The number of nitrogens with zero attached hydrogens (tertiary/aromatic N) is 2. The van der Waals surface area contributed by atoms with Crippen molar-refractivity contribution < 1.29 is 33.5 Å². The first-order chi connectivity index (χ1) is 13.7. The average Bonchev–Trinajstić information content (AvgIpc) is 3.04. The van der Waals surface area contributed by atoms with Gasteiger partial charge in [0.05, 0.1) is 13.2 Å². The molecule has 0 aromatic carbocycles. The lowest BCUT2D eigenvalue weighted by Crippen LogP contribution is -2.42. The molecule has 2 heterocycles. The van der Waals surface area contributed by atoms with E-state index in [2.05, 4.69) is 10.6 Å². The predicted octanol–water partition coefficient (Wildman–Crippen LogP) is -2.13. The summed E-state index contributed by atoms with van der Waals surface area (Å²) in [6.07, 6.45) is 2.36. The topological polar surface area (TPSA) is 142 Å². The number of hydrogen-bond donors (Lipinski definition) is 2. The molecule has 2 N–H and O–H groups in total. The van der Waals surface area contributed by atoms with Crippen molar-refractivity contribution in [3.8, 4) is 0 Å². The molecule has 0 spiro atoms. The van der Waals surface area contributed by atoms with Crippen LogP contribution in [0.2, 0.25) is 0 Å². The second kappa shape index (κ2) is 9.73. The standard InChI is InChI=1S/C18H22N4O7/c1-11-7-15(25)21(17(11)27)9-13(23)19-3-5-29-6-4-20-14(24)10-22-16(26)8-12(2)18(22)28/h7-8H,3-6,9-10H2,1-2H3,(H,19,23)(H,20,24). The van der Waals surface area contributed by atoms with Gasteiger partial charge in [0.15, 0.2) is 0 Å². The SMILES string of the molecule is CC1=CC(=O)N(CC(=O)NCCOCCNC(=O)CN2C(=O)C=C(C)C2=O)C1=O. The third-order valence-corrected chi connectivity index (χ3v) is 4.12. The van der Waals surface area contributed by atoms with E-state index in [4.69, 9.17) is 4.74 Å². The van der Waals surface area contributed by atoms with Crippen LogP contribution < -0.4 is 10.6 Å². The molecule has 2 aliphatic rings. The number of rotatable bonds is 10. The highest BCUT2D eigenvalue weighted by Gasteiger charge is 2.30. The van der Waals surface area contributed by atoms with Gasteiger partial charge < -0.3 is 15.4 Å². The van der Waals surface area contributed by atoms with E-state index in [1.54, 1.807) is 0 Å². The number of carbonyl (C=O) groups is 6. The molecule has 156 valence electrons. The van der Waals surface area contributed by atoms with E-state index in [-0.39, 0.29) is 50.5 Å². The zero-order chi connectivity index (χ0) is 21.6. The fourth-order valence-electron chi connectivity index (χ4n) is 2.60. The Balaban J connectivity index is 1.52. The maximum atomic E-state index is 11.8. The van der Waals surface area contributed by atoms with Gasteiger partial charge >= 0.3 is 0 Å². The molecule has 0 aromatic heterocycles. The zero-order valence-electron chi connectivity index (χ0n) is 16.1. The summed E-state index contributed by atoms with van der Waals surface area (Å²) < 4.78 is 5.25. The van der Waals surface area contributed by atoms with Crippen LogP contribution in [0.3, 0.4) is 0 Å². The molecule has 0 aliphatic carbocycles. The summed E-state index contributed by atoms with van der Waals surface area (Å²) in [5.41, 5.74) is 0.580. The minimum atomic E-state index is -0.516. The molecule has 0 saturated carbocycles. The van der Waals surface area contributed by atoms with Gasteiger partial charge in [-0.3, -0.25) is 38.6 Å². The van der Waals surface area contributed by atoms with Crippen molar-refractivity contribution >= 4 is 35.4 Å². The van der Waals surface area contributed by atoms with E-state index in [9.17, 15) is 28.8 Å². The summed E-state index contributed by atoms with van der Waals surface area (Å²) in [6.45, 7) is 2.94. The maximum absolute atomic E-state index is 11.8. The summed E-state index contributed by atoms with van der Waals surface area (Å²) >= 11 is 0. The number of ether oxygens (including phenoxy) is 1. The normalized spacial score (nSPS) is 16.3. The molecule has 0 radical (unpaired) electrons. The second-order valence-electron chi connectivity index (χ2n) is 6.43. The minimum absolute atomic E-state index is 0.160. The van der Waals surface area contributed by atoms with Gasteiger partial charge in [-0.2, -0.15) is 0 Å². The second-order valence-corrected chi connectivity index (χ2v) is 6.43. The lowest BCUT2D eigenvalue weighted by atomic mass is 10.3. The van der Waals surface area contributed by atoms with E-state index < -0.39 is 35.4 Å². The summed E-state index contributed by atoms with van der Waals surface area (Å²) in [4.78, 5) is 71.6. The van der Waals surface area contributed by atoms with Crippen LogP contribution >= 0.6 is 0 Å². The van der Waals surface area contributed by atoms with Crippen molar-refractivity contribution in [2.75, 3.05) is 39.4 Å². The van der Waals surface area contributed by atoms with E-state index in [0.717, 1.165) is 9.80 Å². The Morgan fingerprint density at radius 2 is 1.17 bits per heavy atom. The lowest BCUT2D eigenvalue weighted by molar-refractivity contribution is -0.141. The fraction of sp³-hybridized carbons (Fsp3) is 0.444. The smallest absolute Gasteiger partial charge is 0.257 e. The Bertz CT molecular complexity index is 749. The minimum Gasteiger partial charge on any atom is -0.378 e. The molecule has 6 amide bonds. The fourth-order valence-corrected chi connectivity index (χ4v) is 2.60. The van der Waals surface area contributed by atoms with Crippen molar-refractivity contribution in [3.63, 3.8) is 0 Å². The first-order valence-corrected chi connectivity index (χ1v) is 8.90. The molecule has 11 heteroatoms. The Morgan fingerprint density at radius 1 is 0.793 bits per heavy atom. The molecule has 0 atom stereocenters. The van der Waals surface area contributed by atoms with Crippen molar-refractivity contribution in [2.24, 2.45) is 0 Å². The van der Waals surface area contributed by atoms with Crippen LogP contribution in [0, 0.1) is 0 Å². The van der Waals surface area contributed by atoms with Gasteiger partial charge in [0.1, 0.15) is 13.1 Å². The first kappa shape index (κ1) is 22.0. The number of nitrogens with one attached hydrogen (secondary N) is 2. The summed E-state index contributed by atoms with van der Waals surface area (Å²) in [5, 5.41) is 5.04. The molecular weight excluding hydrogens is 384 g/mol. The largest absolute Gasteiger partial charge is 0.378 e. The van der Waals surface area contributed by atoms with Crippen LogP contribution in [-0.2, 0) is 33.5 Å². The van der Waals surface area contributed by atoms with Crippen LogP contribution in [0.25, 0.3) is 0 Å². The molecule has 2 rings (SSSR count). The Morgan fingerprint density at radius 3 is 1.48 bits per heavy atom. The van der Waals surface area contributed by atoms with Crippen molar-refractivity contribution in [2.45, 2.75) is 13.8 Å². The van der Waals surface area contributed by atoms with Gasteiger partial charge in [-0.1, -0.05) is 0 Å². The number of amides is 6. The first-order valence-electron chi connectivity index (χ1n) is 8.90. The van der Waals surface area contributed by atoms with Crippen molar-refractivity contribution in [1.29, 1.82) is 0 Å². The summed E-state index contributed by atoms with van der Waals surface area (Å²) in [6, 6.07) is 0. The van der Waals surface area contributed by atoms with Gasteiger partial charge in [-0.25, -0.2) is 0 Å². The molecule has 2 aliphatic heterocycles. The van der Waals surface area contributed by atoms with Crippen molar-refractivity contribution in [1.82, 2.24) is 20.4 Å². The lowest BCUT2D eigenvalue weighted by Gasteiger charge is -2.15. The van der Waals surface area contributed by atoms with Crippen LogP contribution in [0.5, 0.6) is 0 Å². The zero-order valence-corrected chi connectivity index (χ0v) is 16.1. The average molecular weight is 406 g/mol. The van der Waals surface area contributed by atoms with Gasteiger partial charge in [0.25, 0.3) is 23.6 Å². The van der Waals surface area contributed by atoms with Gasteiger partial charge in [-0.05, 0) is 13.8 Å². The molecule has 0 fully saturated rings. The van der Waals surface area contributed by atoms with Crippen LogP contribution in [0.15, 0.2) is 23.3 Å². The highest BCUT2D eigenvalue weighted by atomic mass is 16.5. The third kappa shape index (κ3) is 5.82. The van der Waals surface area contributed by atoms with Gasteiger partial charge in [0, 0.05) is 36.4 Å². The number of imide groups is 2. The predicted molar refractivity (Wildman–Crippen MR) is 97.8 cm³/mol. The van der Waals surface area contributed by atoms with E-state index in [1.807, 2.05) is 0 Å². The number of hydrogen-bond acceptors (Lipinski definition) is 7. The number of carbonyl (C=O) groups excluding carboxylic acids is 6. The Hall–Kier alpha value is -3.34. The highest BCUT2D eigenvalue weighted by Crippen LogP contribution is 2.11. The molecule has 0 aromatic rings. The Labute approximate surface area is 166 Å². The van der Waals surface area contributed by atoms with E-state index in [1.165, 1.54) is 26.0 Å². The monoisotopic (exact) mass is 406 g/mol. The van der Waals surface area contributed by atoms with Gasteiger partial charge in [-0.15, -0.1) is 0 Å². The van der Waals surface area contributed by atoms with Crippen LogP contribution in [0.1, 0.15) is 13.8 Å². The molecule has 11 nitrogen and oxygen atoms in total. The summed E-state index contributed by atoms with van der Waals surface area (Å²) in [5.74, 6) is -2.98. The summed E-state index contributed by atoms with van der Waals surface area (Å²) in [7, 11) is 0. The third-order valence-electron chi connectivity index (χ3n) is 4.12. The molecule has 0 unspecified atom stereocenters. The molecule has 29 heavy (non-hydrogen) atoms. The van der Waals surface area contributed by atoms with Crippen LogP contribution in [0.4, 0.5) is 0 Å². The molecule has 0 saturated heterocycles. The Kier molecular flexibility index (Phi) is 7.37. The van der Waals surface area contributed by atoms with E-state index >= 15 is 0 Å². The maximum Gasteiger partial charge on any atom is 0.257 e. The van der Waals surface area contributed by atoms with Crippen molar-refractivity contribution in [3.05, 3.63) is 23.3 Å². The highest BCUT2D eigenvalue weighted by molar-refractivity contribution is 6.17. The van der Waals surface area contributed by atoms with E-state index in [0.29, 0.717) is 0 Å².